The van der Waals surface area contributed by atoms with Crippen molar-refractivity contribution in [2.75, 3.05) is 7.11 Å². The van der Waals surface area contributed by atoms with Gasteiger partial charge in [-0.15, -0.1) is 0 Å². The predicted octanol–water partition coefficient (Wildman–Crippen LogP) is 5.51. The second kappa shape index (κ2) is 7.84. The van der Waals surface area contributed by atoms with Crippen LogP contribution >= 0.6 is 11.6 Å². The van der Waals surface area contributed by atoms with E-state index in [1.807, 2.05) is 61.5 Å². The van der Waals surface area contributed by atoms with Crippen molar-refractivity contribution in [3.8, 4) is 5.75 Å². The molecule has 1 atom stereocenters. The van der Waals surface area contributed by atoms with Crippen molar-refractivity contribution in [2.24, 2.45) is 0 Å². The minimum atomic E-state index is -0.554. The minimum absolute atomic E-state index is 0.0894. The highest BCUT2D eigenvalue weighted by atomic mass is 35.5. The van der Waals surface area contributed by atoms with Crippen LogP contribution in [-0.4, -0.2) is 17.9 Å². The molecule has 0 N–H and O–H groups in total. The van der Waals surface area contributed by atoms with Gasteiger partial charge in [0.05, 0.1) is 24.1 Å². The topological polar surface area (TPSA) is 59.8 Å². The molecule has 4 aromatic rings. The van der Waals surface area contributed by atoms with Crippen LogP contribution < -0.4 is 10.2 Å². The smallest absolute Gasteiger partial charge is 0.291 e. The van der Waals surface area contributed by atoms with Crippen LogP contribution in [0.5, 0.6) is 5.75 Å². The molecular weight excluding hydrogens is 426 g/mol. The normalized spacial score (nSPS) is 15.3. The monoisotopic (exact) mass is 445 g/mol. The van der Waals surface area contributed by atoms with E-state index in [4.69, 9.17) is 20.8 Å². The fourth-order valence-corrected chi connectivity index (χ4v) is 4.38. The van der Waals surface area contributed by atoms with E-state index in [1.54, 1.807) is 24.1 Å². The number of hydrogen-bond donors (Lipinski definition) is 0. The third-order valence-corrected chi connectivity index (χ3v) is 6.28. The number of carbonyl (C=O) groups excluding carboxylic acids is 1. The summed E-state index contributed by atoms with van der Waals surface area (Å²) in [4.78, 5) is 28.8. The molecule has 6 heteroatoms. The van der Waals surface area contributed by atoms with Crippen LogP contribution in [0, 0.1) is 6.92 Å². The molecule has 5 rings (SSSR count). The Labute approximate surface area is 189 Å². The summed E-state index contributed by atoms with van der Waals surface area (Å²) < 4.78 is 11.3. The summed E-state index contributed by atoms with van der Waals surface area (Å²) in [7, 11) is 1.61. The molecule has 0 spiro atoms. The molecule has 0 saturated heterocycles. The molecule has 1 aliphatic heterocycles. The van der Waals surface area contributed by atoms with E-state index in [-0.39, 0.29) is 17.1 Å². The molecule has 3 aromatic carbocycles. The van der Waals surface area contributed by atoms with Gasteiger partial charge in [-0.2, -0.15) is 0 Å². The number of carbonyl (C=O) groups is 1. The fourth-order valence-electron chi connectivity index (χ4n) is 4.21. The van der Waals surface area contributed by atoms with E-state index in [0.29, 0.717) is 28.1 Å². The number of nitrogens with zero attached hydrogens (tertiary/aromatic N) is 1. The second-order valence-corrected chi connectivity index (χ2v) is 8.27. The number of hydrogen-bond acceptors (Lipinski definition) is 4. The average molecular weight is 446 g/mol. The predicted molar refractivity (Wildman–Crippen MR) is 123 cm³/mol. The molecule has 160 valence electrons. The zero-order chi connectivity index (χ0) is 22.4. The number of benzene rings is 3. The summed E-state index contributed by atoms with van der Waals surface area (Å²) in [6.45, 7) is 2.15. The first-order valence-electron chi connectivity index (χ1n) is 10.2. The van der Waals surface area contributed by atoms with Crippen molar-refractivity contribution < 1.29 is 13.9 Å². The molecule has 1 unspecified atom stereocenters. The van der Waals surface area contributed by atoms with Gasteiger partial charge >= 0.3 is 0 Å². The van der Waals surface area contributed by atoms with Crippen LogP contribution in [0.1, 0.15) is 38.9 Å². The Balaban J connectivity index is 1.69. The lowest BCUT2D eigenvalue weighted by atomic mass is 9.98. The number of methoxy groups -OCH3 is 1. The minimum Gasteiger partial charge on any atom is -0.497 e. The summed E-state index contributed by atoms with van der Waals surface area (Å²) in [6.07, 6.45) is 0. The van der Waals surface area contributed by atoms with E-state index in [0.717, 1.165) is 22.4 Å². The van der Waals surface area contributed by atoms with Gasteiger partial charge < -0.3 is 14.1 Å². The Morgan fingerprint density at radius 1 is 1.03 bits per heavy atom. The maximum absolute atomic E-state index is 13.6. The largest absolute Gasteiger partial charge is 0.497 e. The van der Waals surface area contributed by atoms with E-state index < -0.39 is 6.04 Å². The summed E-state index contributed by atoms with van der Waals surface area (Å²) >= 11 is 6.29. The summed E-state index contributed by atoms with van der Waals surface area (Å²) in [5, 5.41) is 0.861. The Bertz CT molecular complexity index is 1390. The quantitative estimate of drug-likeness (QED) is 0.415. The third kappa shape index (κ3) is 3.26. The van der Waals surface area contributed by atoms with Gasteiger partial charge in [0.25, 0.3) is 5.91 Å². The van der Waals surface area contributed by atoms with Gasteiger partial charge in [0.2, 0.25) is 5.76 Å². The molecular formula is C26H20ClNO4. The van der Waals surface area contributed by atoms with Gasteiger partial charge in [0.1, 0.15) is 11.3 Å². The maximum Gasteiger partial charge on any atom is 0.291 e. The Hall–Kier alpha value is -3.57. The lowest BCUT2D eigenvalue weighted by Crippen LogP contribution is -2.29. The Morgan fingerprint density at radius 2 is 1.75 bits per heavy atom. The number of halogens is 1. The molecule has 2 heterocycles. The van der Waals surface area contributed by atoms with Crippen LogP contribution in [0.25, 0.3) is 11.0 Å². The first-order chi connectivity index (χ1) is 15.5. The number of fused-ring (bicyclic) bond motifs is 2. The zero-order valence-corrected chi connectivity index (χ0v) is 18.3. The molecule has 5 nitrogen and oxygen atoms in total. The van der Waals surface area contributed by atoms with Crippen LogP contribution in [0.4, 0.5) is 0 Å². The highest BCUT2D eigenvalue weighted by Gasteiger charge is 2.42. The fraction of sp³-hybridized carbons (Fsp3) is 0.154. The SMILES string of the molecule is COc1ccc(CN2C(=O)c3oc4cc(C)c(Cl)cc4c(=O)c3C2c2ccccc2)cc1. The van der Waals surface area contributed by atoms with E-state index in [9.17, 15) is 9.59 Å². The van der Waals surface area contributed by atoms with Gasteiger partial charge in [-0.25, -0.2) is 0 Å². The molecule has 0 bridgehead atoms. The molecule has 1 aromatic heterocycles. The van der Waals surface area contributed by atoms with Crippen LogP contribution in [0.15, 0.2) is 75.9 Å². The molecule has 1 aliphatic rings. The standard InChI is InChI=1S/C26H20ClNO4/c1-15-12-21-19(13-20(15)27)24(29)22-23(17-6-4-3-5-7-17)28(26(30)25(22)32-21)14-16-8-10-18(31-2)11-9-16/h3-13,23H,14H2,1-2H3. The summed E-state index contributed by atoms with van der Waals surface area (Å²) in [5.74, 6) is 0.516. The van der Waals surface area contributed by atoms with Crippen molar-refractivity contribution in [2.45, 2.75) is 19.5 Å². The average Bonchev–Trinajstić information content (AvgIpc) is 3.08. The lowest BCUT2D eigenvalue weighted by Gasteiger charge is -2.25. The molecule has 0 fully saturated rings. The zero-order valence-electron chi connectivity index (χ0n) is 17.6. The summed E-state index contributed by atoms with van der Waals surface area (Å²) in [5.41, 5.74) is 3.02. The van der Waals surface area contributed by atoms with Gasteiger partial charge in [-0.3, -0.25) is 9.59 Å². The highest BCUT2D eigenvalue weighted by Crippen LogP contribution is 2.39. The molecule has 0 aliphatic carbocycles. The van der Waals surface area contributed by atoms with Gasteiger partial charge in [-0.1, -0.05) is 54.1 Å². The van der Waals surface area contributed by atoms with Crippen LogP contribution in [-0.2, 0) is 6.54 Å². The van der Waals surface area contributed by atoms with Crippen LogP contribution in [0.3, 0.4) is 0 Å². The number of rotatable bonds is 4. The molecule has 32 heavy (non-hydrogen) atoms. The second-order valence-electron chi connectivity index (χ2n) is 7.87. The van der Waals surface area contributed by atoms with Gasteiger partial charge in [-0.05, 0) is 47.9 Å². The van der Waals surface area contributed by atoms with E-state index >= 15 is 0 Å². The van der Waals surface area contributed by atoms with Crippen molar-refractivity contribution in [1.29, 1.82) is 0 Å². The van der Waals surface area contributed by atoms with E-state index in [2.05, 4.69) is 0 Å². The van der Waals surface area contributed by atoms with Gasteiger partial charge in [0, 0.05) is 11.6 Å². The Kier molecular flexibility index (Phi) is 4.98. The molecule has 1 amide bonds. The highest BCUT2D eigenvalue weighted by molar-refractivity contribution is 6.32. The third-order valence-electron chi connectivity index (χ3n) is 5.87. The Morgan fingerprint density at radius 3 is 2.44 bits per heavy atom. The first-order valence-corrected chi connectivity index (χ1v) is 10.6. The van der Waals surface area contributed by atoms with Gasteiger partial charge in [0.15, 0.2) is 5.43 Å². The number of ether oxygens (including phenoxy) is 1. The summed E-state index contributed by atoms with van der Waals surface area (Å²) in [6, 6.07) is 19.8. The molecule has 0 radical (unpaired) electrons. The first kappa shape index (κ1) is 20.3. The van der Waals surface area contributed by atoms with Crippen LogP contribution in [0.2, 0.25) is 5.02 Å². The lowest BCUT2D eigenvalue weighted by molar-refractivity contribution is 0.0714. The number of amides is 1. The van der Waals surface area contributed by atoms with Crippen molar-refractivity contribution in [3.63, 3.8) is 0 Å². The van der Waals surface area contributed by atoms with Crippen molar-refractivity contribution in [3.05, 3.63) is 110 Å². The molecule has 0 saturated carbocycles. The van der Waals surface area contributed by atoms with Crippen molar-refractivity contribution >= 4 is 28.5 Å². The van der Waals surface area contributed by atoms with E-state index in [1.165, 1.54) is 0 Å². The maximum atomic E-state index is 13.6. The van der Waals surface area contributed by atoms with Crippen molar-refractivity contribution in [1.82, 2.24) is 4.90 Å². The number of aryl methyl sites for hydroxylation is 1.